The number of halogens is 1. The van der Waals surface area contributed by atoms with E-state index in [2.05, 4.69) is 9.97 Å². The van der Waals surface area contributed by atoms with Crippen LogP contribution in [0.4, 0.5) is 10.2 Å². The molecule has 0 saturated carbocycles. The Kier molecular flexibility index (Phi) is 5.05. The summed E-state index contributed by atoms with van der Waals surface area (Å²) in [5, 5.41) is 0. The van der Waals surface area contributed by atoms with Gasteiger partial charge < -0.3 is 14.4 Å². The van der Waals surface area contributed by atoms with Gasteiger partial charge in [0.2, 0.25) is 0 Å². The van der Waals surface area contributed by atoms with Crippen LogP contribution in [-0.4, -0.2) is 44.4 Å². The standard InChI is InChI=1S/C15H18FN3O2/c1-19(2)15-13(16)10-17-14(18-15)11-4-6-12(7-5-11)21-9-8-20-3/h4-7,10H,8-9H2,1-3H3. The predicted octanol–water partition coefficient (Wildman–Crippen LogP) is 2.37. The lowest BCUT2D eigenvalue weighted by atomic mass is 10.2. The second-order valence-corrected chi connectivity index (χ2v) is 4.63. The van der Waals surface area contributed by atoms with Crippen LogP contribution in [0.25, 0.3) is 11.4 Å². The maximum atomic E-state index is 13.6. The molecule has 0 amide bonds. The van der Waals surface area contributed by atoms with E-state index in [9.17, 15) is 4.39 Å². The van der Waals surface area contributed by atoms with Gasteiger partial charge in [-0.2, -0.15) is 0 Å². The van der Waals surface area contributed by atoms with Crippen molar-refractivity contribution in [2.45, 2.75) is 0 Å². The Bertz CT molecular complexity index is 588. The SMILES string of the molecule is COCCOc1ccc(-c2ncc(F)c(N(C)C)n2)cc1. The molecule has 0 bridgehead atoms. The van der Waals surface area contributed by atoms with Gasteiger partial charge in [0, 0.05) is 26.8 Å². The highest BCUT2D eigenvalue weighted by molar-refractivity contribution is 5.58. The first-order valence-electron chi connectivity index (χ1n) is 6.54. The fraction of sp³-hybridized carbons (Fsp3) is 0.333. The van der Waals surface area contributed by atoms with E-state index in [4.69, 9.17) is 9.47 Å². The van der Waals surface area contributed by atoms with E-state index >= 15 is 0 Å². The summed E-state index contributed by atoms with van der Waals surface area (Å²) < 4.78 is 24.0. The summed E-state index contributed by atoms with van der Waals surface area (Å²) in [4.78, 5) is 9.86. The zero-order valence-electron chi connectivity index (χ0n) is 12.3. The summed E-state index contributed by atoms with van der Waals surface area (Å²) in [6, 6.07) is 7.34. The molecule has 0 spiro atoms. The predicted molar refractivity (Wildman–Crippen MR) is 79.1 cm³/mol. The molecule has 1 heterocycles. The Balaban J connectivity index is 2.17. The number of benzene rings is 1. The maximum absolute atomic E-state index is 13.6. The average Bonchev–Trinajstić information content (AvgIpc) is 2.48. The van der Waals surface area contributed by atoms with E-state index in [-0.39, 0.29) is 5.82 Å². The van der Waals surface area contributed by atoms with Gasteiger partial charge in [-0.25, -0.2) is 14.4 Å². The highest BCUT2D eigenvalue weighted by Gasteiger charge is 2.10. The number of rotatable bonds is 6. The Morgan fingerprint density at radius 2 is 1.86 bits per heavy atom. The number of ether oxygens (including phenoxy) is 2. The molecule has 6 heteroatoms. The molecule has 0 atom stereocenters. The van der Waals surface area contributed by atoms with Gasteiger partial charge in [0.25, 0.3) is 0 Å². The molecule has 0 aliphatic rings. The van der Waals surface area contributed by atoms with Crippen molar-refractivity contribution in [1.29, 1.82) is 0 Å². The van der Waals surface area contributed by atoms with Crippen molar-refractivity contribution in [2.75, 3.05) is 39.3 Å². The molecule has 0 aliphatic heterocycles. The van der Waals surface area contributed by atoms with Crippen molar-refractivity contribution >= 4 is 5.82 Å². The molecule has 21 heavy (non-hydrogen) atoms. The molecule has 0 N–H and O–H groups in total. The normalized spacial score (nSPS) is 10.5. The summed E-state index contributed by atoms with van der Waals surface area (Å²) in [5.41, 5.74) is 0.803. The average molecular weight is 291 g/mol. The van der Waals surface area contributed by atoms with Crippen LogP contribution < -0.4 is 9.64 Å². The Morgan fingerprint density at radius 1 is 1.14 bits per heavy atom. The lowest BCUT2D eigenvalue weighted by Crippen LogP contribution is -2.13. The monoisotopic (exact) mass is 291 g/mol. The minimum absolute atomic E-state index is 0.264. The van der Waals surface area contributed by atoms with E-state index in [0.717, 1.165) is 11.3 Å². The Labute approximate surface area is 123 Å². The zero-order valence-corrected chi connectivity index (χ0v) is 12.3. The highest BCUT2D eigenvalue weighted by atomic mass is 19.1. The first-order chi connectivity index (χ1) is 10.1. The second-order valence-electron chi connectivity index (χ2n) is 4.63. The molecule has 0 saturated heterocycles. The molecule has 0 radical (unpaired) electrons. The molecule has 2 aromatic rings. The van der Waals surface area contributed by atoms with Gasteiger partial charge in [-0.15, -0.1) is 0 Å². The molecule has 1 aromatic carbocycles. The summed E-state index contributed by atoms with van der Waals surface area (Å²) in [5.74, 6) is 1.04. The van der Waals surface area contributed by atoms with Gasteiger partial charge in [-0.3, -0.25) is 0 Å². The quantitative estimate of drug-likeness (QED) is 0.765. The van der Waals surface area contributed by atoms with Crippen LogP contribution >= 0.6 is 0 Å². The zero-order chi connectivity index (χ0) is 15.2. The van der Waals surface area contributed by atoms with E-state index in [1.165, 1.54) is 6.20 Å². The van der Waals surface area contributed by atoms with Crippen molar-refractivity contribution in [2.24, 2.45) is 0 Å². The smallest absolute Gasteiger partial charge is 0.183 e. The topological polar surface area (TPSA) is 47.5 Å². The summed E-state index contributed by atoms with van der Waals surface area (Å²) in [7, 11) is 5.10. The number of aromatic nitrogens is 2. The van der Waals surface area contributed by atoms with E-state index in [0.29, 0.717) is 19.0 Å². The van der Waals surface area contributed by atoms with Crippen molar-refractivity contribution < 1.29 is 13.9 Å². The number of nitrogens with zero attached hydrogens (tertiary/aromatic N) is 3. The minimum Gasteiger partial charge on any atom is -0.491 e. The van der Waals surface area contributed by atoms with Crippen molar-refractivity contribution in [3.05, 3.63) is 36.3 Å². The lowest BCUT2D eigenvalue weighted by molar-refractivity contribution is 0.146. The lowest BCUT2D eigenvalue weighted by Gasteiger charge is -2.13. The van der Waals surface area contributed by atoms with E-state index in [1.54, 1.807) is 26.1 Å². The number of anilines is 1. The number of methoxy groups -OCH3 is 1. The van der Waals surface area contributed by atoms with Gasteiger partial charge in [0.1, 0.15) is 12.4 Å². The number of hydrogen-bond acceptors (Lipinski definition) is 5. The molecule has 2 rings (SSSR count). The maximum Gasteiger partial charge on any atom is 0.183 e. The first kappa shape index (κ1) is 15.2. The fourth-order valence-electron chi connectivity index (χ4n) is 1.75. The highest BCUT2D eigenvalue weighted by Crippen LogP contribution is 2.22. The van der Waals surface area contributed by atoms with Crippen LogP contribution in [0.1, 0.15) is 0 Å². The molecular weight excluding hydrogens is 273 g/mol. The molecular formula is C15H18FN3O2. The largest absolute Gasteiger partial charge is 0.491 e. The van der Waals surface area contributed by atoms with Crippen molar-refractivity contribution in [3.63, 3.8) is 0 Å². The van der Waals surface area contributed by atoms with Gasteiger partial charge >= 0.3 is 0 Å². The van der Waals surface area contributed by atoms with Crippen LogP contribution in [0, 0.1) is 5.82 Å². The first-order valence-corrected chi connectivity index (χ1v) is 6.54. The van der Waals surface area contributed by atoms with Crippen LogP contribution in [-0.2, 0) is 4.74 Å². The third kappa shape index (κ3) is 3.88. The summed E-state index contributed by atoms with van der Waals surface area (Å²) in [6.45, 7) is 1.03. The fourth-order valence-corrected chi connectivity index (χ4v) is 1.75. The van der Waals surface area contributed by atoms with E-state index < -0.39 is 5.82 Å². The van der Waals surface area contributed by atoms with Gasteiger partial charge in [0.05, 0.1) is 12.8 Å². The van der Waals surface area contributed by atoms with Crippen molar-refractivity contribution in [1.82, 2.24) is 9.97 Å². The molecule has 5 nitrogen and oxygen atoms in total. The van der Waals surface area contributed by atoms with Crippen molar-refractivity contribution in [3.8, 4) is 17.1 Å². The minimum atomic E-state index is -0.441. The molecule has 1 aromatic heterocycles. The third-order valence-corrected chi connectivity index (χ3v) is 2.82. The Hall–Kier alpha value is -2.21. The third-order valence-electron chi connectivity index (χ3n) is 2.82. The summed E-state index contributed by atoms with van der Waals surface area (Å²) >= 11 is 0. The van der Waals surface area contributed by atoms with Crippen LogP contribution in [0.15, 0.2) is 30.5 Å². The van der Waals surface area contributed by atoms with Gasteiger partial charge in [-0.05, 0) is 24.3 Å². The van der Waals surface area contributed by atoms with Gasteiger partial charge in [0.15, 0.2) is 17.5 Å². The van der Waals surface area contributed by atoms with Crippen LogP contribution in [0.3, 0.4) is 0 Å². The second kappa shape index (κ2) is 6.99. The Morgan fingerprint density at radius 3 is 2.48 bits per heavy atom. The molecule has 112 valence electrons. The molecule has 0 unspecified atom stereocenters. The van der Waals surface area contributed by atoms with Crippen LogP contribution in [0.2, 0.25) is 0 Å². The van der Waals surface area contributed by atoms with Gasteiger partial charge in [-0.1, -0.05) is 0 Å². The molecule has 0 aliphatic carbocycles. The number of hydrogen-bond donors (Lipinski definition) is 0. The molecule has 0 fully saturated rings. The van der Waals surface area contributed by atoms with Crippen LogP contribution in [0.5, 0.6) is 5.75 Å². The van der Waals surface area contributed by atoms with E-state index in [1.807, 2.05) is 24.3 Å². The summed E-state index contributed by atoms with van der Waals surface area (Å²) in [6.07, 6.45) is 1.18.